The van der Waals surface area contributed by atoms with Crippen LogP contribution in [0.3, 0.4) is 0 Å². The van der Waals surface area contributed by atoms with E-state index < -0.39 is 0 Å². The maximum atomic E-state index is 6.17. The van der Waals surface area contributed by atoms with Crippen molar-refractivity contribution in [1.29, 1.82) is 0 Å². The summed E-state index contributed by atoms with van der Waals surface area (Å²) >= 11 is 0. The lowest BCUT2D eigenvalue weighted by Crippen LogP contribution is -2.25. The lowest BCUT2D eigenvalue weighted by atomic mass is 10.0. The maximum Gasteiger partial charge on any atom is 0.106 e. The molecule has 0 spiro atoms. The summed E-state index contributed by atoms with van der Waals surface area (Å²) in [6, 6.07) is 17.9. The summed E-state index contributed by atoms with van der Waals surface area (Å²) in [5.74, 6) is 0. The molecule has 2 aromatic carbocycles. The van der Waals surface area contributed by atoms with E-state index in [-0.39, 0.29) is 12.2 Å². The minimum Gasteiger partial charge on any atom is -0.368 e. The van der Waals surface area contributed by atoms with Crippen molar-refractivity contribution in [2.75, 3.05) is 13.2 Å². The molecule has 158 valence electrons. The average molecular weight is 395 g/mol. The Morgan fingerprint density at radius 2 is 1.00 bits per heavy atom. The van der Waals surface area contributed by atoms with E-state index in [1.807, 2.05) is 0 Å². The van der Waals surface area contributed by atoms with E-state index in [9.17, 15) is 0 Å². The predicted octanol–water partition coefficient (Wildman–Crippen LogP) is 7.37. The molecule has 0 aromatic heterocycles. The van der Waals surface area contributed by atoms with Crippen molar-refractivity contribution in [3.8, 4) is 0 Å². The summed E-state index contributed by atoms with van der Waals surface area (Å²) < 4.78 is 12.3. The van der Waals surface area contributed by atoms with Crippen molar-refractivity contribution in [2.45, 2.75) is 83.8 Å². The molecule has 2 heteroatoms. The zero-order valence-electron chi connectivity index (χ0n) is 18.4. The summed E-state index contributed by atoms with van der Waals surface area (Å²) in [5.41, 5.74) is 5.31. The van der Waals surface area contributed by atoms with Crippen LogP contribution in [-0.2, 0) is 22.3 Å². The molecule has 1 heterocycles. The molecule has 0 radical (unpaired) electrons. The van der Waals surface area contributed by atoms with E-state index in [1.165, 1.54) is 80.0 Å². The Kier molecular flexibility index (Phi) is 9.24. The highest BCUT2D eigenvalue weighted by atomic mass is 16.6. The van der Waals surface area contributed by atoms with Gasteiger partial charge in [-0.25, -0.2) is 0 Å². The van der Waals surface area contributed by atoms with Gasteiger partial charge in [-0.2, -0.15) is 0 Å². The molecule has 0 bridgehead atoms. The van der Waals surface area contributed by atoms with E-state index in [0.29, 0.717) is 13.2 Å². The molecular formula is C27H38O2. The Bertz CT molecular complexity index is 681. The Morgan fingerprint density at radius 1 is 0.586 bits per heavy atom. The van der Waals surface area contributed by atoms with Crippen LogP contribution in [0.1, 0.15) is 93.3 Å². The Morgan fingerprint density at radius 3 is 1.41 bits per heavy atom. The van der Waals surface area contributed by atoms with Crippen LogP contribution in [0.25, 0.3) is 0 Å². The van der Waals surface area contributed by atoms with Crippen LogP contribution in [0, 0.1) is 0 Å². The number of ether oxygens (including phenoxy) is 2. The second kappa shape index (κ2) is 12.1. The van der Waals surface area contributed by atoms with Gasteiger partial charge in [-0.3, -0.25) is 0 Å². The predicted molar refractivity (Wildman–Crippen MR) is 121 cm³/mol. The van der Waals surface area contributed by atoms with Crippen molar-refractivity contribution in [3.63, 3.8) is 0 Å². The highest BCUT2D eigenvalue weighted by Gasteiger charge is 2.24. The lowest BCUT2D eigenvalue weighted by Gasteiger charge is -2.30. The quantitative estimate of drug-likeness (QED) is 0.370. The van der Waals surface area contributed by atoms with Crippen molar-refractivity contribution >= 4 is 0 Å². The number of hydrogen-bond acceptors (Lipinski definition) is 2. The average Bonchev–Trinajstić information content (AvgIpc) is 2.78. The van der Waals surface area contributed by atoms with Gasteiger partial charge in [-0.15, -0.1) is 0 Å². The first-order valence-electron chi connectivity index (χ1n) is 11.7. The van der Waals surface area contributed by atoms with Crippen molar-refractivity contribution in [2.24, 2.45) is 0 Å². The van der Waals surface area contributed by atoms with Crippen LogP contribution in [0.4, 0.5) is 0 Å². The number of aryl methyl sites for hydroxylation is 2. The molecule has 0 unspecified atom stereocenters. The third-order valence-electron chi connectivity index (χ3n) is 5.99. The van der Waals surface area contributed by atoms with Crippen LogP contribution in [0.5, 0.6) is 0 Å². The zero-order valence-corrected chi connectivity index (χ0v) is 18.4. The SMILES string of the molecule is CCCCCCc1ccc([C@@H]2CO[C@@H](c3ccc(CCCCC)cc3)CO2)cc1. The summed E-state index contributed by atoms with van der Waals surface area (Å²) in [7, 11) is 0. The van der Waals surface area contributed by atoms with Crippen LogP contribution in [0.15, 0.2) is 48.5 Å². The molecule has 2 atom stereocenters. The van der Waals surface area contributed by atoms with E-state index in [1.54, 1.807) is 0 Å². The van der Waals surface area contributed by atoms with Crippen LogP contribution in [-0.4, -0.2) is 13.2 Å². The third-order valence-corrected chi connectivity index (χ3v) is 5.99. The smallest absolute Gasteiger partial charge is 0.106 e. The summed E-state index contributed by atoms with van der Waals surface area (Å²) in [4.78, 5) is 0. The van der Waals surface area contributed by atoms with Gasteiger partial charge >= 0.3 is 0 Å². The largest absolute Gasteiger partial charge is 0.368 e. The fraction of sp³-hybridized carbons (Fsp3) is 0.556. The molecule has 1 aliphatic heterocycles. The van der Waals surface area contributed by atoms with Gasteiger partial charge < -0.3 is 9.47 Å². The molecule has 1 fully saturated rings. The normalized spacial score (nSPS) is 19.4. The maximum absolute atomic E-state index is 6.17. The molecule has 0 saturated carbocycles. The minimum absolute atomic E-state index is 0.0497. The Labute approximate surface area is 177 Å². The van der Waals surface area contributed by atoms with Gasteiger partial charge in [0, 0.05) is 0 Å². The first-order chi connectivity index (χ1) is 14.3. The zero-order chi connectivity index (χ0) is 20.3. The van der Waals surface area contributed by atoms with E-state index in [4.69, 9.17) is 9.47 Å². The second-order valence-electron chi connectivity index (χ2n) is 8.39. The molecule has 0 N–H and O–H groups in total. The number of rotatable bonds is 11. The Balaban J connectivity index is 1.45. The fourth-order valence-corrected chi connectivity index (χ4v) is 4.02. The number of hydrogen-bond donors (Lipinski definition) is 0. The lowest BCUT2D eigenvalue weighted by molar-refractivity contribution is -0.137. The topological polar surface area (TPSA) is 18.5 Å². The standard InChI is InChI=1S/C27H38O2/c1-3-5-7-9-11-23-14-18-25(19-15-23)27-21-28-26(20-29-27)24-16-12-22(13-17-24)10-8-6-4-2/h12-19,26-27H,3-11,20-21H2,1-2H3/t26-,27+/m1/s1. The third kappa shape index (κ3) is 6.97. The van der Waals surface area contributed by atoms with Crippen LogP contribution < -0.4 is 0 Å². The minimum atomic E-state index is 0.0497. The van der Waals surface area contributed by atoms with E-state index in [2.05, 4.69) is 62.4 Å². The van der Waals surface area contributed by atoms with E-state index >= 15 is 0 Å². The number of benzene rings is 2. The summed E-state index contributed by atoms with van der Waals surface area (Å²) in [6.45, 7) is 5.76. The summed E-state index contributed by atoms with van der Waals surface area (Å²) in [5, 5.41) is 0. The molecule has 0 aliphatic carbocycles. The van der Waals surface area contributed by atoms with Crippen LogP contribution in [0.2, 0.25) is 0 Å². The molecule has 1 saturated heterocycles. The Hall–Kier alpha value is -1.64. The van der Waals surface area contributed by atoms with Gasteiger partial charge in [0.1, 0.15) is 12.2 Å². The van der Waals surface area contributed by atoms with Gasteiger partial charge in [-0.1, -0.05) is 94.5 Å². The summed E-state index contributed by atoms with van der Waals surface area (Å²) in [6.07, 6.45) is 11.6. The van der Waals surface area contributed by atoms with Crippen molar-refractivity contribution in [1.82, 2.24) is 0 Å². The second-order valence-corrected chi connectivity index (χ2v) is 8.39. The van der Waals surface area contributed by atoms with Crippen molar-refractivity contribution < 1.29 is 9.47 Å². The van der Waals surface area contributed by atoms with Gasteiger partial charge in [0.25, 0.3) is 0 Å². The molecule has 1 aliphatic rings. The monoisotopic (exact) mass is 394 g/mol. The van der Waals surface area contributed by atoms with E-state index in [0.717, 1.165) is 0 Å². The number of unbranched alkanes of at least 4 members (excludes halogenated alkanes) is 5. The van der Waals surface area contributed by atoms with Crippen LogP contribution >= 0.6 is 0 Å². The van der Waals surface area contributed by atoms with Gasteiger partial charge in [0.05, 0.1) is 13.2 Å². The first kappa shape index (κ1) is 22.1. The molecule has 0 amide bonds. The highest BCUT2D eigenvalue weighted by Crippen LogP contribution is 2.30. The first-order valence-corrected chi connectivity index (χ1v) is 11.7. The molecule has 2 nitrogen and oxygen atoms in total. The highest BCUT2D eigenvalue weighted by molar-refractivity contribution is 5.26. The molecule has 2 aromatic rings. The fourth-order valence-electron chi connectivity index (χ4n) is 4.02. The molecule has 3 rings (SSSR count). The van der Waals surface area contributed by atoms with Gasteiger partial charge in [0.2, 0.25) is 0 Å². The van der Waals surface area contributed by atoms with Gasteiger partial charge in [0.15, 0.2) is 0 Å². The van der Waals surface area contributed by atoms with Crippen molar-refractivity contribution in [3.05, 3.63) is 70.8 Å². The van der Waals surface area contributed by atoms with Gasteiger partial charge in [-0.05, 0) is 47.9 Å². The molecule has 29 heavy (non-hydrogen) atoms. The molecular weight excluding hydrogens is 356 g/mol.